The third-order valence-corrected chi connectivity index (χ3v) is 3.26. The van der Waals surface area contributed by atoms with E-state index >= 15 is 0 Å². The number of hydrogen-bond donors (Lipinski definition) is 1. The Morgan fingerprint density at radius 1 is 1.47 bits per heavy atom. The van der Waals surface area contributed by atoms with Crippen LogP contribution in [0.5, 0.6) is 0 Å². The lowest BCUT2D eigenvalue weighted by atomic mass is 10.3. The minimum Gasteiger partial charge on any atom is -0.369 e. The van der Waals surface area contributed by atoms with E-state index in [4.69, 9.17) is 5.26 Å². The minimum absolute atomic E-state index is 0.512. The van der Waals surface area contributed by atoms with E-state index in [0.717, 1.165) is 19.5 Å². The second-order valence-corrected chi connectivity index (χ2v) is 4.59. The average Bonchev–Trinajstić information content (AvgIpc) is 2.96. The lowest BCUT2D eigenvalue weighted by molar-refractivity contribution is 0.659. The Morgan fingerprint density at radius 3 is 3.05 bits per heavy atom. The maximum atomic E-state index is 9.14. The molecule has 2 rings (SSSR count). The zero-order chi connectivity index (χ0) is 13.5. The van der Waals surface area contributed by atoms with E-state index < -0.39 is 0 Å². The van der Waals surface area contributed by atoms with Crippen LogP contribution < -0.4 is 5.32 Å². The fraction of sp³-hybridized carbons (Fsp3) is 0.333. The van der Waals surface area contributed by atoms with Gasteiger partial charge < -0.3 is 9.88 Å². The van der Waals surface area contributed by atoms with Crippen molar-refractivity contribution >= 4 is 17.6 Å². The van der Waals surface area contributed by atoms with Gasteiger partial charge in [-0.3, -0.25) is 0 Å². The molecule has 0 radical (unpaired) electrons. The summed E-state index contributed by atoms with van der Waals surface area (Å²) in [4.78, 5) is 12.2. The highest BCUT2D eigenvalue weighted by molar-refractivity contribution is 7.98. The summed E-state index contributed by atoms with van der Waals surface area (Å²) in [6.45, 7) is 1.63. The summed E-state index contributed by atoms with van der Waals surface area (Å²) in [5, 5.41) is 13.0. The Hall–Kier alpha value is -2.07. The number of imidazole rings is 1. The van der Waals surface area contributed by atoms with Gasteiger partial charge in [0.05, 0.1) is 6.33 Å². The molecule has 7 heteroatoms. The van der Waals surface area contributed by atoms with Gasteiger partial charge in [-0.25, -0.2) is 15.0 Å². The van der Waals surface area contributed by atoms with Crippen LogP contribution in [-0.4, -0.2) is 32.3 Å². The molecule has 0 aromatic carbocycles. The van der Waals surface area contributed by atoms with Crippen molar-refractivity contribution in [2.24, 2.45) is 0 Å². The highest BCUT2D eigenvalue weighted by Gasteiger charge is 2.09. The quantitative estimate of drug-likeness (QED) is 0.491. The van der Waals surface area contributed by atoms with E-state index in [0.29, 0.717) is 16.4 Å². The monoisotopic (exact) mass is 274 g/mol. The molecule has 0 aliphatic rings. The molecule has 0 aliphatic heterocycles. The molecule has 0 spiro atoms. The van der Waals surface area contributed by atoms with Crippen LogP contribution in [0, 0.1) is 11.3 Å². The molecular weight excluding hydrogens is 260 g/mol. The summed E-state index contributed by atoms with van der Waals surface area (Å²) in [6, 6.07) is 2.15. The third-order valence-electron chi connectivity index (χ3n) is 2.56. The molecule has 0 fully saturated rings. The average molecular weight is 274 g/mol. The molecule has 0 bridgehead atoms. The Bertz CT molecular complexity index is 560. The van der Waals surface area contributed by atoms with Gasteiger partial charge in [0, 0.05) is 25.5 Å². The maximum Gasteiger partial charge on any atom is 0.148 e. The van der Waals surface area contributed by atoms with Crippen LogP contribution in [0.15, 0.2) is 30.1 Å². The van der Waals surface area contributed by atoms with Crippen LogP contribution in [0.4, 0.5) is 5.82 Å². The first-order chi connectivity index (χ1) is 9.35. The van der Waals surface area contributed by atoms with Crippen molar-refractivity contribution in [3.05, 3.63) is 30.6 Å². The van der Waals surface area contributed by atoms with Crippen molar-refractivity contribution in [1.29, 1.82) is 5.26 Å². The second kappa shape index (κ2) is 6.75. The van der Waals surface area contributed by atoms with Crippen molar-refractivity contribution in [2.75, 3.05) is 18.1 Å². The van der Waals surface area contributed by atoms with Crippen LogP contribution in [0.25, 0.3) is 0 Å². The molecule has 2 aromatic heterocycles. The number of rotatable bonds is 6. The fourth-order valence-electron chi connectivity index (χ4n) is 1.65. The molecular formula is C12H14N6S. The van der Waals surface area contributed by atoms with Crippen LogP contribution in [0.2, 0.25) is 0 Å². The first kappa shape index (κ1) is 13.4. The molecule has 0 atom stereocenters. The molecule has 98 valence electrons. The van der Waals surface area contributed by atoms with E-state index in [-0.39, 0.29) is 0 Å². The molecule has 2 heterocycles. The van der Waals surface area contributed by atoms with Crippen LogP contribution in [0.1, 0.15) is 12.0 Å². The Morgan fingerprint density at radius 2 is 2.37 bits per heavy atom. The third kappa shape index (κ3) is 3.45. The van der Waals surface area contributed by atoms with Gasteiger partial charge in [0.1, 0.15) is 28.8 Å². The van der Waals surface area contributed by atoms with Gasteiger partial charge in [-0.1, -0.05) is 0 Å². The number of aryl methyl sites for hydroxylation is 1. The SMILES string of the molecule is CSc1ncnc(NCCCn2ccnc2)c1C#N. The highest BCUT2D eigenvalue weighted by atomic mass is 32.2. The zero-order valence-electron chi connectivity index (χ0n) is 10.6. The summed E-state index contributed by atoms with van der Waals surface area (Å²) in [6.07, 6.45) is 9.78. The van der Waals surface area contributed by atoms with E-state index in [1.807, 2.05) is 17.0 Å². The standard InChI is InChI=1S/C12H14N6S/c1-19-12-10(7-13)11(16-8-17-12)15-3-2-5-18-6-4-14-9-18/h4,6,8-9H,2-3,5H2,1H3,(H,15,16,17). The maximum absolute atomic E-state index is 9.14. The predicted octanol–water partition coefficient (Wildman–Crippen LogP) is 1.77. The summed E-state index contributed by atoms with van der Waals surface area (Å²) < 4.78 is 2.01. The highest BCUT2D eigenvalue weighted by Crippen LogP contribution is 2.21. The number of anilines is 1. The molecule has 2 aromatic rings. The minimum atomic E-state index is 0.512. The Labute approximate surface area is 115 Å². The van der Waals surface area contributed by atoms with Gasteiger partial charge in [-0.15, -0.1) is 11.8 Å². The number of nitriles is 1. The van der Waals surface area contributed by atoms with E-state index in [1.54, 1.807) is 12.5 Å². The Kier molecular flexibility index (Phi) is 4.75. The lowest BCUT2D eigenvalue weighted by Gasteiger charge is -2.08. The van der Waals surface area contributed by atoms with Gasteiger partial charge in [0.2, 0.25) is 0 Å². The molecule has 1 N–H and O–H groups in total. The topological polar surface area (TPSA) is 79.4 Å². The fourth-order valence-corrected chi connectivity index (χ4v) is 2.15. The number of hydrogen-bond acceptors (Lipinski definition) is 6. The number of thioether (sulfide) groups is 1. The lowest BCUT2D eigenvalue weighted by Crippen LogP contribution is -2.09. The van der Waals surface area contributed by atoms with Gasteiger partial charge in [0.25, 0.3) is 0 Å². The molecule has 0 amide bonds. The normalized spacial score (nSPS) is 10.1. The smallest absolute Gasteiger partial charge is 0.148 e. The number of nitrogens with one attached hydrogen (secondary N) is 1. The van der Waals surface area contributed by atoms with Crippen molar-refractivity contribution in [1.82, 2.24) is 19.5 Å². The predicted molar refractivity (Wildman–Crippen MR) is 73.9 cm³/mol. The second-order valence-electron chi connectivity index (χ2n) is 3.80. The van der Waals surface area contributed by atoms with Crippen molar-refractivity contribution in [3.8, 4) is 6.07 Å². The summed E-state index contributed by atoms with van der Waals surface area (Å²) >= 11 is 1.45. The molecule has 6 nitrogen and oxygen atoms in total. The molecule has 0 saturated heterocycles. The van der Waals surface area contributed by atoms with Crippen LogP contribution >= 0.6 is 11.8 Å². The van der Waals surface area contributed by atoms with Gasteiger partial charge >= 0.3 is 0 Å². The van der Waals surface area contributed by atoms with Crippen molar-refractivity contribution in [3.63, 3.8) is 0 Å². The molecule has 0 saturated carbocycles. The van der Waals surface area contributed by atoms with Crippen molar-refractivity contribution < 1.29 is 0 Å². The molecule has 0 unspecified atom stereocenters. The zero-order valence-corrected chi connectivity index (χ0v) is 11.4. The van der Waals surface area contributed by atoms with E-state index in [2.05, 4.69) is 26.3 Å². The first-order valence-corrected chi connectivity index (χ1v) is 7.06. The molecule has 0 aliphatic carbocycles. The first-order valence-electron chi connectivity index (χ1n) is 5.84. The Balaban J connectivity index is 1.91. The number of nitrogens with zero attached hydrogens (tertiary/aromatic N) is 5. The summed E-state index contributed by atoms with van der Waals surface area (Å²) in [5.74, 6) is 0.604. The molecule has 19 heavy (non-hydrogen) atoms. The number of aromatic nitrogens is 4. The summed E-state index contributed by atoms with van der Waals surface area (Å²) in [5.41, 5.74) is 0.512. The van der Waals surface area contributed by atoms with Gasteiger partial charge in [-0.2, -0.15) is 5.26 Å². The van der Waals surface area contributed by atoms with E-state index in [9.17, 15) is 0 Å². The van der Waals surface area contributed by atoms with Crippen LogP contribution in [-0.2, 0) is 6.54 Å². The van der Waals surface area contributed by atoms with Gasteiger partial charge in [-0.05, 0) is 12.7 Å². The van der Waals surface area contributed by atoms with Gasteiger partial charge in [0.15, 0.2) is 0 Å². The summed E-state index contributed by atoms with van der Waals surface area (Å²) in [7, 11) is 0. The van der Waals surface area contributed by atoms with Crippen LogP contribution in [0.3, 0.4) is 0 Å². The largest absolute Gasteiger partial charge is 0.369 e. The van der Waals surface area contributed by atoms with Crippen molar-refractivity contribution in [2.45, 2.75) is 18.0 Å². The van der Waals surface area contributed by atoms with E-state index in [1.165, 1.54) is 18.1 Å².